The largest absolute Gasteiger partial charge is 0.0656 e. The van der Waals surface area contributed by atoms with E-state index in [0.29, 0.717) is 0 Å². The third-order valence-electron chi connectivity index (χ3n) is 8.83. The highest BCUT2D eigenvalue weighted by atomic mass is 14.5. The van der Waals surface area contributed by atoms with E-state index in [0.717, 1.165) is 41.4 Å². The number of hydrogen-bond donors (Lipinski definition) is 0. The average molecular weight is 421 g/mol. The molecule has 4 aliphatic rings. The van der Waals surface area contributed by atoms with Gasteiger partial charge in [0.1, 0.15) is 0 Å². The molecule has 4 fully saturated rings. The maximum absolute atomic E-state index is 2.56. The third kappa shape index (κ3) is 9.65. The molecule has 180 valence electrons. The van der Waals surface area contributed by atoms with Crippen LogP contribution >= 0.6 is 0 Å². The van der Waals surface area contributed by atoms with Gasteiger partial charge in [0, 0.05) is 0 Å². The fraction of sp³-hybridized carbons (Fsp3) is 1.00. The highest BCUT2D eigenvalue weighted by Gasteiger charge is 2.44. The molecule has 4 aliphatic carbocycles. The summed E-state index contributed by atoms with van der Waals surface area (Å²) < 4.78 is 0. The second-order valence-corrected chi connectivity index (χ2v) is 11.5. The summed E-state index contributed by atoms with van der Waals surface area (Å²) in [6, 6.07) is 0. The van der Waals surface area contributed by atoms with Crippen LogP contribution in [-0.4, -0.2) is 0 Å². The van der Waals surface area contributed by atoms with Crippen LogP contribution in [0.3, 0.4) is 0 Å². The molecule has 0 nitrogen and oxygen atoms in total. The van der Waals surface area contributed by atoms with Crippen LogP contribution in [0.2, 0.25) is 0 Å². The van der Waals surface area contributed by atoms with Crippen LogP contribution in [0.25, 0.3) is 0 Å². The summed E-state index contributed by atoms with van der Waals surface area (Å²) in [5.74, 6) is 7.45. The Labute approximate surface area is 192 Å². The Bertz CT molecular complexity index is 367. The van der Waals surface area contributed by atoms with Gasteiger partial charge in [-0.25, -0.2) is 0 Å². The van der Waals surface area contributed by atoms with Crippen molar-refractivity contribution in [3.05, 3.63) is 0 Å². The lowest BCUT2D eigenvalue weighted by Gasteiger charge is -2.51. The van der Waals surface area contributed by atoms with Crippen molar-refractivity contribution in [1.82, 2.24) is 0 Å². The molecule has 0 aromatic carbocycles. The molecule has 0 saturated heterocycles. The lowest BCUT2D eigenvalue weighted by atomic mass is 9.54. The van der Waals surface area contributed by atoms with Gasteiger partial charge >= 0.3 is 0 Å². The smallest absolute Gasteiger partial charge is 0.0352 e. The van der Waals surface area contributed by atoms with Crippen LogP contribution in [0.15, 0.2) is 0 Å². The molecule has 0 bridgehead atoms. The van der Waals surface area contributed by atoms with Crippen LogP contribution in [-0.2, 0) is 0 Å². The average Bonchev–Trinajstić information content (AvgIpc) is 2.56. The van der Waals surface area contributed by atoms with E-state index in [4.69, 9.17) is 0 Å². The molecule has 0 radical (unpaired) electrons. The summed E-state index contributed by atoms with van der Waals surface area (Å²) in [4.78, 5) is 0. The Kier molecular flexibility index (Phi) is 15.5. The SMILES string of the molecule is C1CCC1.CC(CC(C1CCC1)C1CC(C)C1C)C1CCC1.CCC.CCCCC. The van der Waals surface area contributed by atoms with Crippen molar-refractivity contribution < 1.29 is 0 Å². The highest BCUT2D eigenvalue weighted by Crippen LogP contribution is 2.53. The van der Waals surface area contributed by atoms with E-state index in [9.17, 15) is 0 Å². The molecule has 0 aliphatic heterocycles. The Hall–Kier alpha value is 0. The van der Waals surface area contributed by atoms with E-state index in [1.54, 1.807) is 25.7 Å². The summed E-state index contributed by atoms with van der Waals surface area (Å²) in [5.41, 5.74) is 0. The first-order valence-corrected chi connectivity index (χ1v) is 14.5. The van der Waals surface area contributed by atoms with Gasteiger partial charge in [0.15, 0.2) is 0 Å². The number of rotatable bonds is 7. The normalized spacial score (nSPS) is 29.5. The summed E-state index contributed by atoms with van der Waals surface area (Å²) in [6.07, 6.45) is 23.7. The van der Waals surface area contributed by atoms with Crippen LogP contribution in [0.5, 0.6) is 0 Å². The van der Waals surface area contributed by atoms with Crippen molar-refractivity contribution in [2.45, 2.75) is 151 Å². The van der Waals surface area contributed by atoms with Crippen molar-refractivity contribution in [3.8, 4) is 0 Å². The minimum Gasteiger partial charge on any atom is -0.0656 e. The second-order valence-electron chi connectivity index (χ2n) is 11.5. The zero-order valence-electron chi connectivity index (χ0n) is 22.4. The van der Waals surface area contributed by atoms with Gasteiger partial charge in [0.25, 0.3) is 0 Å². The first kappa shape index (κ1) is 28.0. The molecule has 4 saturated carbocycles. The molecule has 0 heteroatoms. The molecule has 30 heavy (non-hydrogen) atoms. The Morgan fingerprint density at radius 1 is 0.700 bits per heavy atom. The van der Waals surface area contributed by atoms with E-state index >= 15 is 0 Å². The molecule has 5 atom stereocenters. The molecular formula is C30H60. The van der Waals surface area contributed by atoms with E-state index < -0.39 is 0 Å². The second kappa shape index (κ2) is 16.6. The summed E-state index contributed by atoms with van der Waals surface area (Å²) in [7, 11) is 0. The maximum atomic E-state index is 2.56. The van der Waals surface area contributed by atoms with Crippen molar-refractivity contribution in [2.75, 3.05) is 0 Å². The third-order valence-corrected chi connectivity index (χ3v) is 8.83. The van der Waals surface area contributed by atoms with Gasteiger partial charge in [-0.2, -0.15) is 0 Å². The van der Waals surface area contributed by atoms with Gasteiger partial charge in [-0.3, -0.25) is 0 Å². The van der Waals surface area contributed by atoms with Gasteiger partial charge in [0.05, 0.1) is 0 Å². The lowest BCUT2D eigenvalue weighted by molar-refractivity contribution is -0.0175. The molecule has 0 heterocycles. The fourth-order valence-electron chi connectivity index (χ4n) is 5.47. The minimum atomic E-state index is 1.01. The Balaban J connectivity index is 0.000000308. The quantitative estimate of drug-likeness (QED) is 0.384. The van der Waals surface area contributed by atoms with Crippen LogP contribution in [0.1, 0.15) is 151 Å². The predicted octanol–water partition coefficient (Wildman–Crippen LogP) is 10.7. The molecule has 4 rings (SSSR count). The van der Waals surface area contributed by atoms with Crippen molar-refractivity contribution in [3.63, 3.8) is 0 Å². The molecule has 0 N–H and O–H groups in total. The predicted molar refractivity (Wildman–Crippen MR) is 138 cm³/mol. The first-order chi connectivity index (χ1) is 14.5. The maximum Gasteiger partial charge on any atom is -0.0352 e. The molecule has 5 unspecified atom stereocenters. The van der Waals surface area contributed by atoms with Crippen LogP contribution in [0, 0.1) is 41.4 Å². The van der Waals surface area contributed by atoms with Crippen molar-refractivity contribution in [1.29, 1.82) is 0 Å². The molecule has 0 aromatic heterocycles. The molecule has 0 amide bonds. The molecular weight excluding hydrogens is 360 g/mol. The van der Waals surface area contributed by atoms with Gasteiger partial charge in [0.2, 0.25) is 0 Å². The van der Waals surface area contributed by atoms with Crippen molar-refractivity contribution >= 4 is 0 Å². The van der Waals surface area contributed by atoms with Crippen LogP contribution in [0.4, 0.5) is 0 Å². The zero-order valence-corrected chi connectivity index (χ0v) is 22.4. The minimum absolute atomic E-state index is 1.01. The Morgan fingerprint density at radius 3 is 1.40 bits per heavy atom. The number of hydrogen-bond acceptors (Lipinski definition) is 0. The molecule has 0 spiro atoms. The fourth-order valence-corrected chi connectivity index (χ4v) is 5.47. The Morgan fingerprint density at radius 2 is 1.17 bits per heavy atom. The van der Waals surface area contributed by atoms with Crippen LogP contribution < -0.4 is 0 Å². The summed E-state index contributed by atoms with van der Waals surface area (Å²) in [5, 5.41) is 0. The van der Waals surface area contributed by atoms with E-state index in [-0.39, 0.29) is 0 Å². The topological polar surface area (TPSA) is 0 Å². The first-order valence-electron chi connectivity index (χ1n) is 14.5. The lowest BCUT2D eigenvalue weighted by Crippen LogP contribution is -2.43. The van der Waals surface area contributed by atoms with Gasteiger partial charge in [-0.05, 0) is 54.3 Å². The van der Waals surface area contributed by atoms with E-state index in [1.165, 1.54) is 77.0 Å². The van der Waals surface area contributed by atoms with Gasteiger partial charge in [-0.1, -0.05) is 138 Å². The van der Waals surface area contributed by atoms with E-state index in [2.05, 4.69) is 48.5 Å². The summed E-state index contributed by atoms with van der Waals surface area (Å²) >= 11 is 0. The van der Waals surface area contributed by atoms with E-state index in [1.807, 2.05) is 0 Å². The number of unbranched alkanes of at least 4 members (excludes halogenated alkanes) is 2. The standard InChI is InChI=1S/C18H32.C5H12.C4H8.C3H8/c1-12-10-17(14(12)3)18(16-8-5-9-16)11-13(2)15-6-4-7-15;1-3-5-4-2;1-2-4-3-1;1-3-2/h12-18H,4-11H2,1-3H3;3-5H2,1-2H3;1-4H2;3H2,1-2H3. The summed E-state index contributed by atoms with van der Waals surface area (Å²) in [6.45, 7) is 16.2. The zero-order chi connectivity index (χ0) is 22.4. The highest BCUT2D eigenvalue weighted by molar-refractivity contribution is 4.94. The molecule has 0 aromatic rings. The van der Waals surface area contributed by atoms with Gasteiger partial charge in [-0.15, -0.1) is 0 Å². The van der Waals surface area contributed by atoms with Gasteiger partial charge < -0.3 is 0 Å². The van der Waals surface area contributed by atoms with Crippen molar-refractivity contribution in [2.24, 2.45) is 41.4 Å². The monoisotopic (exact) mass is 420 g/mol.